The van der Waals surface area contributed by atoms with Gasteiger partial charge in [0.1, 0.15) is 0 Å². The quantitative estimate of drug-likeness (QED) is 0.507. The standard InChI is InChI=1S/C17H29BrN2O2.2ClH/c1-5-20(6-2)10-8-9-19-13-14-11-15(18)17(22-7-3)16(12-14)21-4;;/h11-12,19H,5-10,13H2,1-4H3;2*1H. The number of rotatable bonds is 11. The summed E-state index contributed by atoms with van der Waals surface area (Å²) in [4.78, 5) is 2.44. The molecule has 142 valence electrons. The van der Waals surface area contributed by atoms with Crippen LogP contribution < -0.4 is 14.8 Å². The molecule has 0 saturated heterocycles. The third-order valence-electron chi connectivity index (χ3n) is 3.63. The summed E-state index contributed by atoms with van der Waals surface area (Å²) in [6.07, 6.45) is 1.16. The second-order valence-electron chi connectivity index (χ2n) is 5.10. The zero-order valence-corrected chi connectivity index (χ0v) is 18.3. The number of methoxy groups -OCH3 is 1. The number of benzene rings is 1. The van der Waals surface area contributed by atoms with E-state index in [1.807, 2.05) is 13.0 Å². The Balaban J connectivity index is 0. The Labute approximate surface area is 167 Å². The summed E-state index contributed by atoms with van der Waals surface area (Å²) >= 11 is 3.56. The predicted molar refractivity (Wildman–Crippen MR) is 110 cm³/mol. The molecule has 1 N–H and O–H groups in total. The first kappa shape index (κ1) is 26.0. The molecule has 0 unspecified atom stereocenters. The second kappa shape index (κ2) is 15.1. The normalized spacial score (nSPS) is 10.1. The second-order valence-corrected chi connectivity index (χ2v) is 5.95. The van der Waals surface area contributed by atoms with Gasteiger partial charge in [0.05, 0.1) is 18.2 Å². The van der Waals surface area contributed by atoms with Gasteiger partial charge in [-0.2, -0.15) is 0 Å². The van der Waals surface area contributed by atoms with Crippen molar-refractivity contribution in [3.8, 4) is 11.5 Å². The minimum absolute atomic E-state index is 0. The van der Waals surface area contributed by atoms with Gasteiger partial charge in [-0.25, -0.2) is 0 Å². The number of halogens is 3. The van der Waals surface area contributed by atoms with Crippen molar-refractivity contribution in [2.75, 3.05) is 39.9 Å². The van der Waals surface area contributed by atoms with Crippen LogP contribution in [-0.4, -0.2) is 44.8 Å². The van der Waals surface area contributed by atoms with Crippen LogP contribution in [0.2, 0.25) is 0 Å². The van der Waals surface area contributed by atoms with Crippen molar-refractivity contribution in [1.29, 1.82) is 0 Å². The monoisotopic (exact) mass is 444 g/mol. The smallest absolute Gasteiger partial charge is 0.175 e. The highest BCUT2D eigenvalue weighted by atomic mass is 79.9. The Hall–Kier alpha value is -0.200. The molecule has 1 aromatic carbocycles. The molecule has 7 heteroatoms. The molecular weight excluding hydrogens is 415 g/mol. The number of hydrogen-bond acceptors (Lipinski definition) is 4. The number of nitrogens with one attached hydrogen (secondary N) is 1. The molecule has 0 aliphatic heterocycles. The van der Waals surface area contributed by atoms with Gasteiger partial charge in [0.15, 0.2) is 11.5 Å². The van der Waals surface area contributed by atoms with E-state index in [0.29, 0.717) is 6.61 Å². The van der Waals surface area contributed by atoms with Gasteiger partial charge in [-0.1, -0.05) is 13.8 Å². The molecular formula is C17H31BrCl2N2O2. The van der Waals surface area contributed by atoms with Crippen molar-refractivity contribution in [2.45, 2.75) is 33.7 Å². The maximum absolute atomic E-state index is 5.61. The van der Waals surface area contributed by atoms with E-state index in [0.717, 1.165) is 55.1 Å². The molecule has 0 aromatic heterocycles. The van der Waals surface area contributed by atoms with E-state index in [-0.39, 0.29) is 24.8 Å². The first-order valence-corrected chi connectivity index (χ1v) is 8.87. The summed E-state index contributed by atoms with van der Waals surface area (Å²) in [5.74, 6) is 1.55. The SMILES string of the molecule is CCOc1c(Br)cc(CNCCCN(CC)CC)cc1OC.Cl.Cl. The van der Waals surface area contributed by atoms with E-state index >= 15 is 0 Å². The van der Waals surface area contributed by atoms with Crippen LogP contribution in [0, 0.1) is 0 Å². The molecule has 0 aliphatic carbocycles. The average molecular weight is 446 g/mol. The van der Waals surface area contributed by atoms with Crippen LogP contribution in [0.4, 0.5) is 0 Å². The van der Waals surface area contributed by atoms with Gasteiger partial charge in [0, 0.05) is 6.54 Å². The van der Waals surface area contributed by atoms with Crippen LogP contribution in [0.1, 0.15) is 32.8 Å². The lowest BCUT2D eigenvalue weighted by Gasteiger charge is -2.18. The van der Waals surface area contributed by atoms with Crippen LogP contribution >= 0.6 is 40.7 Å². The van der Waals surface area contributed by atoms with Gasteiger partial charge in [-0.05, 0) is 73.1 Å². The van der Waals surface area contributed by atoms with Crippen molar-refractivity contribution in [2.24, 2.45) is 0 Å². The van der Waals surface area contributed by atoms with E-state index < -0.39 is 0 Å². The molecule has 0 aliphatic rings. The molecule has 0 spiro atoms. The lowest BCUT2D eigenvalue weighted by Crippen LogP contribution is -2.27. The zero-order valence-electron chi connectivity index (χ0n) is 15.1. The molecule has 0 heterocycles. The molecule has 1 rings (SSSR count). The summed E-state index contributed by atoms with van der Waals surface area (Å²) in [7, 11) is 1.67. The fourth-order valence-electron chi connectivity index (χ4n) is 2.36. The zero-order chi connectivity index (χ0) is 16.4. The maximum Gasteiger partial charge on any atom is 0.175 e. The highest BCUT2D eigenvalue weighted by Crippen LogP contribution is 2.36. The molecule has 0 atom stereocenters. The third-order valence-corrected chi connectivity index (χ3v) is 4.22. The Morgan fingerprint density at radius 1 is 1.12 bits per heavy atom. The fourth-order valence-corrected chi connectivity index (χ4v) is 2.96. The molecule has 0 fully saturated rings. The molecule has 0 saturated carbocycles. The Kier molecular flexibility index (Phi) is 16.4. The highest BCUT2D eigenvalue weighted by molar-refractivity contribution is 9.10. The summed E-state index contributed by atoms with van der Waals surface area (Å²) in [5, 5.41) is 3.49. The maximum atomic E-state index is 5.61. The van der Waals surface area contributed by atoms with E-state index in [1.54, 1.807) is 7.11 Å². The number of ether oxygens (including phenoxy) is 2. The van der Waals surface area contributed by atoms with E-state index in [1.165, 1.54) is 5.56 Å². The van der Waals surface area contributed by atoms with Crippen molar-refractivity contribution in [1.82, 2.24) is 10.2 Å². The van der Waals surface area contributed by atoms with Gasteiger partial charge in [-0.3, -0.25) is 0 Å². The largest absolute Gasteiger partial charge is 0.493 e. The first-order chi connectivity index (χ1) is 10.7. The lowest BCUT2D eigenvalue weighted by molar-refractivity contribution is 0.298. The summed E-state index contributed by atoms with van der Waals surface area (Å²) in [6, 6.07) is 4.12. The van der Waals surface area contributed by atoms with Crippen LogP contribution in [0.3, 0.4) is 0 Å². The number of hydrogen-bond donors (Lipinski definition) is 1. The van der Waals surface area contributed by atoms with E-state index in [4.69, 9.17) is 9.47 Å². The molecule has 0 radical (unpaired) electrons. The molecule has 0 amide bonds. The summed E-state index contributed by atoms with van der Waals surface area (Å²) in [5.41, 5.74) is 1.19. The summed E-state index contributed by atoms with van der Waals surface area (Å²) in [6.45, 7) is 12.3. The van der Waals surface area contributed by atoms with E-state index in [2.05, 4.69) is 46.1 Å². The van der Waals surface area contributed by atoms with Crippen molar-refractivity contribution in [3.05, 3.63) is 22.2 Å². The predicted octanol–water partition coefficient (Wildman–Crippen LogP) is 4.52. The fraction of sp³-hybridized carbons (Fsp3) is 0.647. The average Bonchev–Trinajstić information content (AvgIpc) is 2.53. The van der Waals surface area contributed by atoms with Crippen LogP contribution in [0.25, 0.3) is 0 Å². The molecule has 1 aromatic rings. The van der Waals surface area contributed by atoms with Gasteiger partial charge in [0.2, 0.25) is 0 Å². The van der Waals surface area contributed by atoms with Gasteiger partial charge in [-0.15, -0.1) is 24.8 Å². The van der Waals surface area contributed by atoms with Crippen molar-refractivity contribution in [3.63, 3.8) is 0 Å². The van der Waals surface area contributed by atoms with Crippen molar-refractivity contribution < 1.29 is 9.47 Å². The van der Waals surface area contributed by atoms with Crippen LogP contribution in [0.5, 0.6) is 11.5 Å². The topological polar surface area (TPSA) is 33.7 Å². The summed E-state index contributed by atoms with van der Waals surface area (Å²) < 4.78 is 12.0. The molecule has 4 nitrogen and oxygen atoms in total. The van der Waals surface area contributed by atoms with Crippen LogP contribution in [-0.2, 0) is 6.54 Å². The molecule has 24 heavy (non-hydrogen) atoms. The third kappa shape index (κ3) is 8.77. The lowest BCUT2D eigenvalue weighted by atomic mass is 10.2. The van der Waals surface area contributed by atoms with Gasteiger partial charge >= 0.3 is 0 Å². The minimum atomic E-state index is 0. The molecule has 0 bridgehead atoms. The Morgan fingerprint density at radius 3 is 2.33 bits per heavy atom. The van der Waals surface area contributed by atoms with E-state index in [9.17, 15) is 0 Å². The Bertz CT molecular complexity index is 447. The number of nitrogens with zero attached hydrogens (tertiary/aromatic N) is 1. The van der Waals surface area contributed by atoms with Crippen molar-refractivity contribution >= 4 is 40.7 Å². The van der Waals surface area contributed by atoms with Gasteiger partial charge in [0.25, 0.3) is 0 Å². The highest BCUT2D eigenvalue weighted by Gasteiger charge is 2.11. The van der Waals surface area contributed by atoms with Crippen LogP contribution in [0.15, 0.2) is 16.6 Å². The first-order valence-electron chi connectivity index (χ1n) is 8.08. The minimum Gasteiger partial charge on any atom is -0.493 e. The Morgan fingerprint density at radius 2 is 1.79 bits per heavy atom. The van der Waals surface area contributed by atoms with Gasteiger partial charge < -0.3 is 19.7 Å².